The second kappa shape index (κ2) is 16.5. The summed E-state index contributed by atoms with van der Waals surface area (Å²) < 4.78 is 103. The fraction of sp³-hybridized carbons (Fsp3) is 0.483. The summed E-state index contributed by atoms with van der Waals surface area (Å²) in [5, 5.41) is 0. The van der Waals surface area contributed by atoms with Gasteiger partial charge in [0, 0.05) is 48.7 Å². The van der Waals surface area contributed by atoms with Gasteiger partial charge in [0.2, 0.25) is 34.8 Å². The van der Waals surface area contributed by atoms with Crippen LogP contribution in [-0.2, 0) is 16.1 Å². The molecule has 2 unspecified atom stereocenters. The highest BCUT2D eigenvalue weighted by atomic mass is 33.1. The van der Waals surface area contributed by atoms with E-state index in [-0.39, 0.29) is 23.4 Å². The molecule has 17 heteroatoms. The minimum Gasteiger partial charge on any atom is -0.497 e. The first kappa shape index (κ1) is 35.5. The fourth-order valence-corrected chi connectivity index (χ4v) is 7.66. The lowest BCUT2D eigenvalue weighted by Crippen LogP contribution is -2.62. The van der Waals surface area contributed by atoms with E-state index in [0.717, 1.165) is 49.7 Å². The van der Waals surface area contributed by atoms with E-state index >= 15 is 4.39 Å². The van der Waals surface area contributed by atoms with Crippen molar-refractivity contribution in [1.82, 2.24) is 9.80 Å². The Balaban J connectivity index is 1.48. The molecule has 0 radical (unpaired) electrons. The van der Waals surface area contributed by atoms with Crippen LogP contribution in [0.25, 0.3) is 0 Å². The van der Waals surface area contributed by atoms with Crippen molar-refractivity contribution in [1.29, 1.82) is 0 Å². The van der Waals surface area contributed by atoms with Crippen LogP contribution >= 0.6 is 21.6 Å². The number of fused-ring (bicyclic) bond motifs is 1. The number of hydrogen-bond donors (Lipinski definition) is 0. The van der Waals surface area contributed by atoms with Crippen molar-refractivity contribution in [3.8, 4) is 17.2 Å². The van der Waals surface area contributed by atoms with Gasteiger partial charge in [-0.25, -0.2) is 27.2 Å². The molecule has 2 atom stereocenters. The van der Waals surface area contributed by atoms with E-state index < -0.39 is 65.3 Å². The highest BCUT2D eigenvalue weighted by Gasteiger charge is 2.40. The summed E-state index contributed by atoms with van der Waals surface area (Å²) in [4.78, 5) is 40.1. The summed E-state index contributed by atoms with van der Waals surface area (Å²) >= 11 is 0. The number of halogens is 6. The number of aldehydes is 1. The van der Waals surface area contributed by atoms with Crippen LogP contribution in [0, 0.1) is 34.9 Å². The number of piperazine rings is 1. The Morgan fingerprint density at radius 1 is 0.891 bits per heavy atom. The van der Waals surface area contributed by atoms with Crippen molar-refractivity contribution >= 4 is 40.1 Å². The molecular weight excluding hydrogens is 666 g/mol. The molecule has 0 aliphatic carbocycles. The van der Waals surface area contributed by atoms with Gasteiger partial charge in [-0.2, -0.15) is 8.78 Å². The molecule has 2 aliphatic rings. The Labute approximate surface area is 268 Å². The van der Waals surface area contributed by atoms with Crippen LogP contribution in [0.2, 0.25) is 0 Å². The molecule has 252 valence electrons. The van der Waals surface area contributed by atoms with Gasteiger partial charge < -0.3 is 28.6 Å². The standard InChI is InChI=1S/C29H30F6N2O7S2/c1-41-17-12-16(14-42-29(40)44-27-24(34)22(32)21(31)23(33)25(27)35)26(18(30)13-17)43-28(39)37-9-8-36(7-4-2-3-5-10-38)20-15-46-45-11-6-19(20)37/h10,12-13,19-20H,2-9,11,14-15H2,1H3. The van der Waals surface area contributed by atoms with E-state index in [1.165, 1.54) is 18.1 Å². The molecule has 2 aromatic rings. The molecule has 1 amide bonds. The number of hydrogen-bond acceptors (Lipinski definition) is 10. The molecular formula is C29H30F6N2O7S2. The Kier molecular flexibility index (Phi) is 12.7. The van der Waals surface area contributed by atoms with Crippen molar-refractivity contribution in [2.24, 2.45) is 0 Å². The number of unbranched alkanes of at least 4 members (excludes halogenated alkanes) is 3. The monoisotopic (exact) mass is 696 g/mol. The van der Waals surface area contributed by atoms with Crippen molar-refractivity contribution in [3.63, 3.8) is 0 Å². The number of ether oxygens (including phenoxy) is 4. The molecule has 0 aromatic heterocycles. The summed E-state index contributed by atoms with van der Waals surface area (Å²) in [6, 6.07) is 1.86. The van der Waals surface area contributed by atoms with Crippen LogP contribution in [0.5, 0.6) is 17.2 Å². The third kappa shape index (κ3) is 8.34. The Bertz CT molecular complexity index is 1410. The molecule has 2 aliphatic heterocycles. The number of benzene rings is 2. The topological polar surface area (TPSA) is 94.6 Å². The van der Waals surface area contributed by atoms with E-state index in [1.54, 1.807) is 21.6 Å². The summed E-state index contributed by atoms with van der Waals surface area (Å²) in [5.74, 6) is -14.1. The van der Waals surface area contributed by atoms with Crippen LogP contribution in [0.15, 0.2) is 12.1 Å². The van der Waals surface area contributed by atoms with Crippen molar-refractivity contribution in [2.75, 3.05) is 38.2 Å². The number of nitrogens with zero attached hydrogens (tertiary/aromatic N) is 2. The second-order valence-electron chi connectivity index (χ2n) is 10.3. The van der Waals surface area contributed by atoms with Crippen molar-refractivity contribution < 1.29 is 59.7 Å². The molecule has 0 saturated carbocycles. The summed E-state index contributed by atoms with van der Waals surface area (Å²) in [7, 11) is 4.61. The largest absolute Gasteiger partial charge is 0.514 e. The molecule has 0 spiro atoms. The van der Waals surface area contributed by atoms with Crippen LogP contribution in [-0.4, -0.2) is 78.7 Å². The van der Waals surface area contributed by atoms with Gasteiger partial charge in [0.15, 0.2) is 11.6 Å². The maximum Gasteiger partial charge on any atom is 0.514 e. The van der Waals surface area contributed by atoms with Crippen LogP contribution in [0.3, 0.4) is 0 Å². The molecule has 2 heterocycles. The highest BCUT2D eigenvalue weighted by Crippen LogP contribution is 2.36. The predicted octanol–water partition coefficient (Wildman–Crippen LogP) is 6.64. The van der Waals surface area contributed by atoms with E-state index in [2.05, 4.69) is 9.64 Å². The van der Waals surface area contributed by atoms with Crippen LogP contribution in [0.1, 0.15) is 37.7 Å². The number of carbonyl (C=O) groups is 3. The lowest BCUT2D eigenvalue weighted by molar-refractivity contribution is -0.107. The lowest BCUT2D eigenvalue weighted by Gasteiger charge is -2.46. The zero-order chi connectivity index (χ0) is 33.4. The van der Waals surface area contributed by atoms with Gasteiger partial charge in [-0.3, -0.25) is 4.90 Å². The number of carbonyl (C=O) groups excluding carboxylic acids is 3. The lowest BCUT2D eigenvalue weighted by atomic mass is 10.00. The Morgan fingerprint density at radius 3 is 2.30 bits per heavy atom. The first-order valence-corrected chi connectivity index (χ1v) is 16.7. The maximum atomic E-state index is 15.2. The third-order valence-corrected chi connectivity index (χ3v) is 9.94. The molecule has 2 saturated heterocycles. The summed E-state index contributed by atoms with van der Waals surface area (Å²) in [6.07, 6.45) is 1.93. The minimum atomic E-state index is -2.45. The normalized spacial score (nSPS) is 18.4. The van der Waals surface area contributed by atoms with Crippen molar-refractivity contribution in [2.45, 2.75) is 50.8 Å². The summed E-state index contributed by atoms with van der Waals surface area (Å²) in [5.41, 5.74) is -0.253. The van der Waals surface area contributed by atoms with E-state index in [0.29, 0.717) is 25.9 Å². The highest BCUT2D eigenvalue weighted by molar-refractivity contribution is 8.76. The molecule has 9 nitrogen and oxygen atoms in total. The molecule has 0 bridgehead atoms. The predicted molar refractivity (Wildman–Crippen MR) is 156 cm³/mol. The number of amides is 1. The molecule has 4 rings (SSSR count). The van der Waals surface area contributed by atoms with Gasteiger partial charge in [-0.05, 0) is 31.9 Å². The second-order valence-corrected chi connectivity index (χ2v) is 12.9. The van der Waals surface area contributed by atoms with Gasteiger partial charge in [-0.15, -0.1) is 0 Å². The van der Waals surface area contributed by atoms with Gasteiger partial charge in [-0.1, -0.05) is 28.0 Å². The molecule has 0 N–H and O–H groups in total. The van der Waals surface area contributed by atoms with E-state index in [1.807, 2.05) is 0 Å². The van der Waals surface area contributed by atoms with Gasteiger partial charge in [0.05, 0.1) is 13.2 Å². The quantitative estimate of drug-likeness (QED) is 0.0372. The third-order valence-electron chi connectivity index (χ3n) is 7.48. The van der Waals surface area contributed by atoms with Gasteiger partial charge >= 0.3 is 12.2 Å². The van der Waals surface area contributed by atoms with E-state index in [4.69, 9.17) is 14.2 Å². The van der Waals surface area contributed by atoms with Crippen LogP contribution < -0.4 is 14.2 Å². The first-order chi connectivity index (χ1) is 22.1. The van der Waals surface area contributed by atoms with Crippen molar-refractivity contribution in [3.05, 3.63) is 52.6 Å². The minimum absolute atomic E-state index is 0.00702. The Hall–Kier alpha value is -3.31. The van der Waals surface area contributed by atoms with E-state index in [9.17, 15) is 36.3 Å². The smallest absolute Gasteiger partial charge is 0.497 e. The summed E-state index contributed by atoms with van der Waals surface area (Å²) in [6.45, 7) is 0.729. The average molecular weight is 697 g/mol. The van der Waals surface area contributed by atoms with Gasteiger partial charge in [0.25, 0.3) is 0 Å². The van der Waals surface area contributed by atoms with Crippen LogP contribution in [0.4, 0.5) is 35.9 Å². The fourth-order valence-electron chi connectivity index (χ4n) is 5.18. The SMILES string of the molecule is COc1cc(F)c(OC(=O)N2CCN(CCCCCC=O)C3CSSCCC32)c(COC(=O)Oc2c(F)c(F)c(F)c(F)c2F)c1. The van der Waals surface area contributed by atoms with Gasteiger partial charge in [0.1, 0.15) is 18.6 Å². The first-order valence-electron chi connectivity index (χ1n) is 14.2. The molecule has 2 aromatic carbocycles. The maximum absolute atomic E-state index is 15.2. The Morgan fingerprint density at radius 2 is 1.61 bits per heavy atom. The zero-order valence-electron chi connectivity index (χ0n) is 24.5. The zero-order valence-corrected chi connectivity index (χ0v) is 26.1. The number of methoxy groups -OCH3 is 1. The molecule has 46 heavy (non-hydrogen) atoms. The number of rotatable bonds is 11. The molecule has 2 fully saturated rings. The average Bonchev–Trinajstić information content (AvgIpc) is 3.31.